The van der Waals surface area contributed by atoms with Crippen LogP contribution in [0.5, 0.6) is 6.01 Å². The standard InChI is InChI=1S/C5H9N3O/c1-2-8-4(6)3-7-5(8)9/h3H,2,6H2,1H3,(H,7,9). The minimum atomic E-state index is -0.0185. The van der Waals surface area contributed by atoms with Crippen molar-refractivity contribution >= 4 is 5.82 Å². The van der Waals surface area contributed by atoms with Crippen LogP contribution in [0.2, 0.25) is 0 Å². The fraction of sp³-hybridized carbons (Fsp3) is 0.400. The van der Waals surface area contributed by atoms with Gasteiger partial charge in [-0.15, -0.1) is 0 Å². The van der Waals surface area contributed by atoms with E-state index in [0.717, 1.165) is 0 Å². The summed E-state index contributed by atoms with van der Waals surface area (Å²) < 4.78 is 1.51. The Morgan fingerprint density at radius 3 is 2.78 bits per heavy atom. The fourth-order valence-electron chi connectivity index (χ4n) is 0.703. The summed E-state index contributed by atoms with van der Waals surface area (Å²) in [5.74, 6) is 0.495. The summed E-state index contributed by atoms with van der Waals surface area (Å²) >= 11 is 0. The van der Waals surface area contributed by atoms with Crippen molar-refractivity contribution in [2.75, 3.05) is 5.73 Å². The number of hydrogen-bond donors (Lipinski definition) is 2. The Morgan fingerprint density at radius 1 is 1.89 bits per heavy atom. The molecular formula is C5H9N3O. The molecule has 1 heterocycles. The van der Waals surface area contributed by atoms with E-state index in [1.165, 1.54) is 10.8 Å². The average Bonchev–Trinajstić information content (AvgIpc) is 2.12. The molecule has 1 aromatic heterocycles. The van der Waals surface area contributed by atoms with Gasteiger partial charge in [0, 0.05) is 6.54 Å². The summed E-state index contributed by atoms with van der Waals surface area (Å²) in [5, 5.41) is 8.90. The van der Waals surface area contributed by atoms with Crippen LogP contribution < -0.4 is 5.73 Å². The van der Waals surface area contributed by atoms with Crippen molar-refractivity contribution < 1.29 is 5.11 Å². The Balaban J connectivity index is 3.07. The van der Waals surface area contributed by atoms with E-state index >= 15 is 0 Å². The van der Waals surface area contributed by atoms with E-state index in [4.69, 9.17) is 10.8 Å². The number of hydrogen-bond acceptors (Lipinski definition) is 3. The molecule has 0 amide bonds. The zero-order valence-electron chi connectivity index (χ0n) is 5.20. The molecule has 9 heavy (non-hydrogen) atoms. The molecule has 0 unspecified atom stereocenters. The molecule has 4 nitrogen and oxygen atoms in total. The van der Waals surface area contributed by atoms with Gasteiger partial charge in [0.25, 0.3) is 6.01 Å². The molecule has 4 heteroatoms. The first-order valence-electron chi connectivity index (χ1n) is 2.75. The van der Waals surface area contributed by atoms with Crippen molar-refractivity contribution in [3.05, 3.63) is 6.20 Å². The van der Waals surface area contributed by atoms with Crippen molar-refractivity contribution in [1.82, 2.24) is 9.55 Å². The third-order valence-corrected chi connectivity index (χ3v) is 1.18. The van der Waals surface area contributed by atoms with Gasteiger partial charge in [-0.05, 0) is 6.92 Å². The monoisotopic (exact) mass is 127 g/mol. The van der Waals surface area contributed by atoms with Gasteiger partial charge in [-0.2, -0.15) is 0 Å². The van der Waals surface area contributed by atoms with Gasteiger partial charge in [0.1, 0.15) is 5.82 Å². The molecule has 3 N–H and O–H groups in total. The van der Waals surface area contributed by atoms with Gasteiger partial charge in [-0.3, -0.25) is 4.57 Å². The van der Waals surface area contributed by atoms with E-state index in [1.54, 1.807) is 0 Å². The molecular weight excluding hydrogens is 118 g/mol. The lowest BCUT2D eigenvalue weighted by atomic mass is 10.7. The lowest BCUT2D eigenvalue weighted by Crippen LogP contribution is -1.98. The lowest BCUT2D eigenvalue weighted by Gasteiger charge is -1.98. The molecule has 0 aromatic carbocycles. The van der Waals surface area contributed by atoms with Crippen LogP contribution in [-0.2, 0) is 6.54 Å². The zero-order valence-corrected chi connectivity index (χ0v) is 5.20. The molecule has 0 aliphatic heterocycles. The number of rotatable bonds is 1. The predicted molar refractivity (Wildman–Crippen MR) is 34.0 cm³/mol. The summed E-state index contributed by atoms with van der Waals surface area (Å²) in [5.41, 5.74) is 5.39. The Morgan fingerprint density at radius 2 is 2.56 bits per heavy atom. The van der Waals surface area contributed by atoms with E-state index < -0.39 is 0 Å². The fourth-order valence-corrected chi connectivity index (χ4v) is 0.703. The quantitative estimate of drug-likeness (QED) is 0.566. The molecule has 1 aromatic rings. The highest BCUT2D eigenvalue weighted by atomic mass is 16.3. The molecule has 50 valence electrons. The highest BCUT2D eigenvalue weighted by molar-refractivity contribution is 5.29. The van der Waals surface area contributed by atoms with E-state index in [-0.39, 0.29) is 6.01 Å². The first-order chi connectivity index (χ1) is 4.25. The number of nitrogens with zero attached hydrogens (tertiary/aromatic N) is 2. The van der Waals surface area contributed by atoms with Crippen LogP contribution in [0.4, 0.5) is 5.82 Å². The molecule has 0 aliphatic carbocycles. The molecule has 0 spiro atoms. The van der Waals surface area contributed by atoms with E-state index in [0.29, 0.717) is 12.4 Å². The maximum Gasteiger partial charge on any atom is 0.295 e. The first-order valence-corrected chi connectivity index (χ1v) is 2.75. The molecule has 1 rings (SSSR count). The first kappa shape index (κ1) is 5.94. The maximum atomic E-state index is 8.90. The maximum absolute atomic E-state index is 8.90. The minimum Gasteiger partial charge on any atom is -0.480 e. The molecule has 0 aliphatic rings. The highest BCUT2D eigenvalue weighted by Crippen LogP contribution is 2.11. The average molecular weight is 127 g/mol. The molecule has 0 saturated heterocycles. The summed E-state index contributed by atoms with van der Waals surface area (Å²) in [4.78, 5) is 3.58. The largest absolute Gasteiger partial charge is 0.480 e. The van der Waals surface area contributed by atoms with E-state index in [2.05, 4.69) is 4.98 Å². The van der Waals surface area contributed by atoms with Crippen LogP contribution in [0.15, 0.2) is 6.20 Å². The molecule has 0 bridgehead atoms. The summed E-state index contributed by atoms with van der Waals surface area (Å²) in [7, 11) is 0. The summed E-state index contributed by atoms with van der Waals surface area (Å²) in [6, 6.07) is -0.0185. The Bertz CT molecular complexity index is 186. The Labute approximate surface area is 52.9 Å². The number of imidazole rings is 1. The van der Waals surface area contributed by atoms with E-state index in [1.807, 2.05) is 6.92 Å². The van der Waals surface area contributed by atoms with Gasteiger partial charge in [0.2, 0.25) is 0 Å². The number of anilines is 1. The van der Waals surface area contributed by atoms with Crippen LogP contribution >= 0.6 is 0 Å². The van der Waals surface area contributed by atoms with Crippen molar-refractivity contribution in [2.24, 2.45) is 0 Å². The second kappa shape index (κ2) is 1.97. The van der Waals surface area contributed by atoms with Gasteiger partial charge in [-0.25, -0.2) is 4.98 Å². The van der Waals surface area contributed by atoms with Crippen LogP contribution in [0.1, 0.15) is 6.92 Å². The smallest absolute Gasteiger partial charge is 0.295 e. The van der Waals surface area contributed by atoms with Gasteiger partial charge in [-0.1, -0.05) is 0 Å². The summed E-state index contributed by atoms with van der Waals surface area (Å²) in [6.45, 7) is 2.54. The van der Waals surface area contributed by atoms with Crippen molar-refractivity contribution in [1.29, 1.82) is 0 Å². The SMILES string of the molecule is CCn1c(N)cnc1O. The van der Waals surface area contributed by atoms with E-state index in [9.17, 15) is 0 Å². The number of nitrogens with two attached hydrogens (primary N) is 1. The third kappa shape index (κ3) is 0.826. The van der Waals surface area contributed by atoms with Crippen molar-refractivity contribution in [2.45, 2.75) is 13.5 Å². The Hall–Kier alpha value is -1.19. The number of nitrogen functional groups attached to an aromatic ring is 1. The topological polar surface area (TPSA) is 64.1 Å². The normalized spacial score (nSPS) is 9.89. The van der Waals surface area contributed by atoms with Crippen LogP contribution in [0, 0.1) is 0 Å². The van der Waals surface area contributed by atoms with Gasteiger partial charge in [0.15, 0.2) is 0 Å². The second-order valence-corrected chi connectivity index (χ2v) is 1.73. The molecule has 0 radical (unpaired) electrons. The van der Waals surface area contributed by atoms with Crippen LogP contribution in [-0.4, -0.2) is 14.7 Å². The Kier molecular flexibility index (Phi) is 1.30. The zero-order chi connectivity index (χ0) is 6.85. The highest BCUT2D eigenvalue weighted by Gasteiger charge is 2.00. The second-order valence-electron chi connectivity index (χ2n) is 1.73. The predicted octanol–water partition coefficient (Wildman–Crippen LogP) is 0.191. The number of aromatic nitrogens is 2. The third-order valence-electron chi connectivity index (χ3n) is 1.18. The summed E-state index contributed by atoms with van der Waals surface area (Å²) in [6.07, 6.45) is 1.43. The van der Waals surface area contributed by atoms with Crippen molar-refractivity contribution in [3.8, 4) is 6.01 Å². The van der Waals surface area contributed by atoms with Gasteiger partial charge >= 0.3 is 0 Å². The molecule has 0 saturated carbocycles. The van der Waals surface area contributed by atoms with Crippen LogP contribution in [0.3, 0.4) is 0 Å². The van der Waals surface area contributed by atoms with Gasteiger partial charge < -0.3 is 10.8 Å². The lowest BCUT2D eigenvalue weighted by molar-refractivity contribution is 0.404. The molecule has 0 fully saturated rings. The number of aromatic hydroxyl groups is 1. The molecule has 0 atom stereocenters. The minimum absolute atomic E-state index is 0.0185. The van der Waals surface area contributed by atoms with Gasteiger partial charge in [0.05, 0.1) is 6.20 Å². The van der Waals surface area contributed by atoms with Crippen LogP contribution in [0.25, 0.3) is 0 Å². The van der Waals surface area contributed by atoms with Crippen molar-refractivity contribution in [3.63, 3.8) is 0 Å².